The number of rotatable bonds is 5. The third kappa shape index (κ3) is 5.00. The van der Waals surface area contributed by atoms with Crippen molar-refractivity contribution in [3.8, 4) is 0 Å². The Morgan fingerprint density at radius 2 is 1.94 bits per heavy atom. The van der Waals surface area contributed by atoms with Gasteiger partial charge in [-0.25, -0.2) is 4.79 Å². The summed E-state index contributed by atoms with van der Waals surface area (Å²) in [6, 6.07) is -0.132. The van der Waals surface area contributed by atoms with E-state index in [2.05, 4.69) is 15.4 Å². The van der Waals surface area contributed by atoms with Crippen molar-refractivity contribution in [1.29, 1.82) is 0 Å². The van der Waals surface area contributed by atoms with Crippen molar-refractivity contribution in [2.45, 2.75) is 40.2 Å². The first-order valence-corrected chi connectivity index (χ1v) is 5.46. The maximum atomic E-state index is 11.4. The first kappa shape index (κ1) is 14.7. The van der Waals surface area contributed by atoms with E-state index in [0.717, 1.165) is 6.42 Å². The van der Waals surface area contributed by atoms with Gasteiger partial charge in [-0.3, -0.25) is 4.79 Å². The Bertz CT molecular complexity index is 252. The van der Waals surface area contributed by atoms with Crippen LogP contribution in [0, 0.1) is 5.41 Å². The van der Waals surface area contributed by atoms with E-state index in [1.807, 2.05) is 13.8 Å². The lowest BCUT2D eigenvalue weighted by Crippen LogP contribution is -2.46. The van der Waals surface area contributed by atoms with Gasteiger partial charge in [-0.2, -0.15) is 0 Å². The highest BCUT2D eigenvalue weighted by Crippen LogP contribution is 2.15. The zero-order chi connectivity index (χ0) is 12.8. The number of carbonyl (C=O) groups is 2. The summed E-state index contributed by atoms with van der Waals surface area (Å²) in [6.45, 7) is 7.61. The van der Waals surface area contributed by atoms with Gasteiger partial charge in [-0.15, -0.1) is 0 Å². The lowest BCUT2D eigenvalue weighted by atomic mass is 9.94. The van der Waals surface area contributed by atoms with Gasteiger partial charge in [0.1, 0.15) is 0 Å². The molecule has 1 atom stereocenters. The highest BCUT2D eigenvalue weighted by Gasteiger charge is 2.29. The van der Waals surface area contributed by atoms with Crippen LogP contribution in [0.4, 0.5) is 4.79 Å². The van der Waals surface area contributed by atoms with E-state index in [-0.39, 0.29) is 24.6 Å². The molecule has 0 aliphatic carbocycles. The molecule has 0 spiro atoms. The predicted octanol–water partition coefficient (Wildman–Crippen LogP) is 1.28. The Balaban J connectivity index is 4.05. The Kier molecular flexibility index (Phi) is 5.85. The topological polar surface area (TPSA) is 67.4 Å². The minimum atomic E-state index is -0.707. The monoisotopic (exact) mass is 230 g/mol. The maximum Gasteiger partial charge on any atom is 0.315 e. The number of urea groups is 1. The van der Waals surface area contributed by atoms with Gasteiger partial charge in [0.15, 0.2) is 0 Å². The number of carbonyl (C=O) groups excluding carboxylic acids is 2. The van der Waals surface area contributed by atoms with E-state index < -0.39 is 5.41 Å². The summed E-state index contributed by atoms with van der Waals surface area (Å²) in [5, 5.41) is 5.41. The summed E-state index contributed by atoms with van der Waals surface area (Å²) >= 11 is 0. The zero-order valence-electron chi connectivity index (χ0n) is 10.7. The number of methoxy groups -OCH3 is 1. The molecular formula is C11H22N2O3. The third-order valence-corrected chi connectivity index (χ3v) is 2.42. The summed E-state index contributed by atoms with van der Waals surface area (Å²) in [4.78, 5) is 22.7. The fourth-order valence-electron chi connectivity index (χ4n) is 1.03. The lowest BCUT2D eigenvalue weighted by molar-refractivity contribution is -0.150. The highest BCUT2D eigenvalue weighted by atomic mass is 16.5. The lowest BCUT2D eigenvalue weighted by Gasteiger charge is -2.22. The van der Waals surface area contributed by atoms with E-state index in [1.54, 1.807) is 13.8 Å². The van der Waals surface area contributed by atoms with Gasteiger partial charge in [0.2, 0.25) is 0 Å². The minimum Gasteiger partial charge on any atom is -0.469 e. The number of ether oxygens (including phenoxy) is 1. The van der Waals surface area contributed by atoms with Gasteiger partial charge in [0, 0.05) is 12.6 Å². The highest BCUT2D eigenvalue weighted by molar-refractivity contribution is 5.78. The number of hydrogen-bond donors (Lipinski definition) is 2. The van der Waals surface area contributed by atoms with E-state index in [1.165, 1.54) is 7.11 Å². The molecule has 5 heteroatoms. The van der Waals surface area contributed by atoms with Crippen molar-refractivity contribution in [3.63, 3.8) is 0 Å². The van der Waals surface area contributed by atoms with Crippen molar-refractivity contribution < 1.29 is 14.3 Å². The molecule has 0 bridgehead atoms. The summed E-state index contributed by atoms with van der Waals surface area (Å²) in [5.74, 6) is -0.337. The molecule has 2 amide bonds. The van der Waals surface area contributed by atoms with Crippen LogP contribution in [0.25, 0.3) is 0 Å². The van der Waals surface area contributed by atoms with Crippen LogP contribution in [-0.4, -0.2) is 31.7 Å². The second-order valence-corrected chi connectivity index (χ2v) is 4.51. The Morgan fingerprint density at radius 1 is 1.38 bits per heavy atom. The average Bonchev–Trinajstić information content (AvgIpc) is 2.25. The maximum absolute atomic E-state index is 11.4. The van der Waals surface area contributed by atoms with Crippen LogP contribution in [0.15, 0.2) is 0 Å². The molecule has 0 fully saturated rings. The molecule has 2 N–H and O–H groups in total. The minimum absolute atomic E-state index is 0.126. The zero-order valence-corrected chi connectivity index (χ0v) is 10.7. The summed E-state index contributed by atoms with van der Waals surface area (Å²) in [6.07, 6.45) is 0.869. The molecular weight excluding hydrogens is 208 g/mol. The van der Waals surface area contributed by atoms with Crippen LogP contribution in [0.1, 0.15) is 34.1 Å². The predicted molar refractivity (Wildman–Crippen MR) is 62.1 cm³/mol. The fraction of sp³-hybridized carbons (Fsp3) is 0.818. The van der Waals surface area contributed by atoms with Crippen molar-refractivity contribution >= 4 is 12.0 Å². The number of esters is 1. The van der Waals surface area contributed by atoms with Crippen LogP contribution in [0.5, 0.6) is 0 Å². The largest absolute Gasteiger partial charge is 0.469 e. The van der Waals surface area contributed by atoms with Crippen molar-refractivity contribution in [2.24, 2.45) is 5.41 Å². The smallest absolute Gasteiger partial charge is 0.315 e. The number of amides is 2. The Morgan fingerprint density at radius 3 is 2.38 bits per heavy atom. The molecule has 0 heterocycles. The van der Waals surface area contributed by atoms with Gasteiger partial charge < -0.3 is 15.4 Å². The van der Waals surface area contributed by atoms with Gasteiger partial charge in [-0.05, 0) is 27.2 Å². The Hall–Kier alpha value is -1.26. The second kappa shape index (κ2) is 6.35. The molecule has 0 aromatic carbocycles. The van der Waals surface area contributed by atoms with Gasteiger partial charge >= 0.3 is 12.0 Å². The average molecular weight is 230 g/mol. The van der Waals surface area contributed by atoms with Crippen molar-refractivity contribution in [1.82, 2.24) is 10.6 Å². The Labute approximate surface area is 96.9 Å². The molecule has 0 aromatic rings. The molecule has 94 valence electrons. The molecule has 0 unspecified atom stereocenters. The van der Waals surface area contributed by atoms with Crippen LogP contribution in [-0.2, 0) is 9.53 Å². The normalized spacial score (nSPS) is 12.8. The van der Waals surface area contributed by atoms with E-state index in [9.17, 15) is 9.59 Å². The standard InChI is InChI=1S/C11H22N2O3/c1-6-8(2)13-10(15)12-7-11(3,4)9(14)16-5/h8H,6-7H2,1-5H3,(H2,12,13,15)/t8-/m0/s1. The quantitative estimate of drug-likeness (QED) is 0.699. The van der Waals surface area contributed by atoms with Crippen LogP contribution in [0.2, 0.25) is 0 Å². The molecule has 0 saturated carbocycles. The van der Waals surface area contributed by atoms with Crippen LogP contribution in [0.3, 0.4) is 0 Å². The first-order chi connectivity index (χ1) is 7.33. The second-order valence-electron chi connectivity index (χ2n) is 4.51. The summed E-state index contributed by atoms with van der Waals surface area (Å²) < 4.78 is 4.64. The number of hydrogen-bond acceptors (Lipinski definition) is 3. The van der Waals surface area contributed by atoms with E-state index >= 15 is 0 Å². The first-order valence-electron chi connectivity index (χ1n) is 5.46. The summed E-state index contributed by atoms with van der Waals surface area (Å²) in [5.41, 5.74) is -0.707. The van der Waals surface area contributed by atoms with Gasteiger partial charge in [0.05, 0.1) is 12.5 Å². The third-order valence-electron chi connectivity index (χ3n) is 2.42. The molecule has 0 radical (unpaired) electrons. The SMILES string of the molecule is CC[C@H](C)NC(=O)NCC(C)(C)C(=O)OC. The van der Waals surface area contributed by atoms with Crippen molar-refractivity contribution in [3.05, 3.63) is 0 Å². The summed E-state index contributed by atoms with van der Waals surface area (Å²) in [7, 11) is 1.34. The van der Waals surface area contributed by atoms with Crippen molar-refractivity contribution in [2.75, 3.05) is 13.7 Å². The molecule has 16 heavy (non-hydrogen) atoms. The molecule has 0 aromatic heterocycles. The van der Waals surface area contributed by atoms with Gasteiger partial charge in [-0.1, -0.05) is 6.92 Å². The molecule has 5 nitrogen and oxygen atoms in total. The number of nitrogens with one attached hydrogen (secondary N) is 2. The van der Waals surface area contributed by atoms with Crippen LogP contribution < -0.4 is 10.6 Å². The van der Waals surface area contributed by atoms with E-state index in [0.29, 0.717) is 0 Å². The molecule has 0 aliphatic heterocycles. The molecule has 0 saturated heterocycles. The van der Waals surface area contributed by atoms with Gasteiger partial charge in [0.25, 0.3) is 0 Å². The van der Waals surface area contributed by atoms with Crippen LogP contribution >= 0.6 is 0 Å². The molecule has 0 rings (SSSR count). The molecule has 0 aliphatic rings. The van der Waals surface area contributed by atoms with E-state index in [4.69, 9.17) is 0 Å². The fourth-order valence-corrected chi connectivity index (χ4v) is 1.03.